The van der Waals surface area contributed by atoms with Gasteiger partial charge in [0.05, 0.1) is 11.1 Å². The molecule has 0 aromatic carbocycles. The highest BCUT2D eigenvalue weighted by Gasteiger charge is 2.34. The molecule has 0 aliphatic carbocycles. The molecule has 0 saturated carbocycles. The fraction of sp³-hybridized carbons (Fsp3) is 0.895. The van der Waals surface area contributed by atoms with E-state index in [4.69, 9.17) is 4.84 Å². The standard InChI is InChI=1S/C19H37NO2/c1-6-8-10-12-14-16-19(5,15-13-11-9-7-2)18(21)22-20-17(3)4/h6-16H2,1-5H3. The summed E-state index contributed by atoms with van der Waals surface area (Å²) in [4.78, 5) is 17.6. The molecular formula is C19H37NO2. The van der Waals surface area contributed by atoms with E-state index in [2.05, 4.69) is 25.9 Å². The van der Waals surface area contributed by atoms with Crippen LogP contribution in [0.1, 0.15) is 105 Å². The van der Waals surface area contributed by atoms with Crippen LogP contribution in [0.4, 0.5) is 0 Å². The Morgan fingerprint density at radius 3 is 1.77 bits per heavy atom. The Bertz CT molecular complexity index is 321. The maximum absolute atomic E-state index is 12.4. The van der Waals surface area contributed by atoms with E-state index in [1.165, 1.54) is 44.9 Å². The molecule has 1 unspecified atom stereocenters. The smallest absolute Gasteiger partial charge is 0.318 e. The van der Waals surface area contributed by atoms with Crippen molar-refractivity contribution in [3.63, 3.8) is 0 Å². The van der Waals surface area contributed by atoms with Crippen molar-refractivity contribution in [2.45, 2.75) is 105 Å². The van der Waals surface area contributed by atoms with Crippen LogP contribution in [0.15, 0.2) is 5.16 Å². The number of hydrogen-bond donors (Lipinski definition) is 0. The minimum atomic E-state index is -0.376. The maximum atomic E-state index is 12.4. The summed E-state index contributed by atoms with van der Waals surface area (Å²) >= 11 is 0. The molecule has 0 radical (unpaired) electrons. The molecule has 3 heteroatoms. The van der Waals surface area contributed by atoms with Crippen molar-refractivity contribution in [1.82, 2.24) is 0 Å². The SMILES string of the molecule is CCCCCCCC(C)(CCCCCC)C(=O)ON=C(C)C. The predicted octanol–water partition coefficient (Wildman–Crippen LogP) is 6.26. The lowest BCUT2D eigenvalue weighted by Crippen LogP contribution is -2.29. The quantitative estimate of drug-likeness (QED) is 0.174. The molecule has 0 aliphatic heterocycles. The van der Waals surface area contributed by atoms with E-state index in [1.54, 1.807) is 0 Å². The summed E-state index contributed by atoms with van der Waals surface area (Å²) in [6, 6.07) is 0. The Morgan fingerprint density at radius 2 is 1.32 bits per heavy atom. The first-order valence-corrected chi connectivity index (χ1v) is 9.19. The van der Waals surface area contributed by atoms with Crippen molar-refractivity contribution >= 4 is 11.7 Å². The van der Waals surface area contributed by atoms with Crippen LogP contribution in [-0.4, -0.2) is 11.7 Å². The Morgan fingerprint density at radius 1 is 0.864 bits per heavy atom. The monoisotopic (exact) mass is 311 g/mol. The van der Waals surface area contributed by atoms with Gasteiger partial charge < -0.3 is 4.84 Å². The van der Waals surface area contributed by atoms with Gasteiger partial charge in [-0.3, -0.25) is 0 Å². The third-order valence-electron chi connectivity index (χ3n) is 4.22. The zero-order chi connectivity index (χ0) is 16.8. The lowest BCUT2D eigenvalue weighted by atomic mass is 9.80. The van der Waals surface area contributed by atoms with E-state index in [0.29, 0.717) is 0 Å². The molecule has 3 nitrogen and oxygen atoms in total. The molecule has 0 aromatic heterocycles. The van der Waals surface area contributed by atoms with Gasteiger partial charge in [0.15, 0.2) is 0 Å². The Hall–Kier alpha value is -0.860. The molecule has 0 rings (SSSR count). The second-order valence-corrected chi connectivity index (χ2v) is 6.95. The number of nitrogens with zero attached hydrogens (tertiary/aromatic N) is 1. The second-order valence-electron chi connectivity index (χ2n) is 6.95. The molecule has 0 saturated heterocycles. The Kier molecular flexibility index (Phi) is 12.2. The number of unbranched alkanes of at least 4 members (excludes halogenated alkanes) is 7. The van der Waals surface area contributed by atoms with Crippen molar-refractivity contribution in [3.8, 4) is 0 Å². The lowest BCUT2D eigenvalue weighted by molar-refractivity contribution is -0.156. The van der Waals surface area contributed by atoms with Gasteiger partial charge in [0.1, 0.15) is 0 Å². The maximum Gasteiger partial charge on any atom is 0.340 e. The Labute approximate surface area is 137 Å². The predicted molar refractivity (Wildman–Crippen MR) is 95.1 cm³/mol. The first kappa shape index (κ1) is 21.1. The van der Waals surface area contributed by atoms with E-state index < -0.39 is 0 Å². The first-order chi connectivity index (χ1) is 10.5. The van der Waals surface area contributed by atoms with E-state index >= 15 is 0 Å². The minimum Gasteiger partial charge on any atom is -0.318 e. The topological polar surface area (TPSA) is 38.7 Å². The van der Waals surface area contributed by atoms with Crippen LogP contribution in [0.3, 0.4) is 0 Å². The summed E-state index contributed by atoms with van der Waals surface area (Å²) < 4.78 is 0. The van der Waals surface area contributed by atoms with Gasteiger partial charge in [0, 0.05) is 0 Å². The third kappa shape index (κ3) is 9.97. The van der Waals surface area contributed by atoms with E-state index in [1.807, 2.05) is 13.8 Å². The highest BCUT2D eigenvalue weighted by molar-refractivity contribution is 5.81. The average Bonchev–Trinajstić information content (AvgIpc) is 2.49. The number of carbonyl (C=O) groups excluding carboxylic acids is 1. The van der Waals surface area contributed by atoms with Gasteiger partial charge in [-0.2, -0.15) is 0 Å². The molecule has 0 aliphatic rings. The van der Waals surface area contributed by atoms with Gasteiger partial charge in [-0.05, 0) is 33.6 Å². The van der Waals surface area contributed by atoms with Gasteiger partial charge in [0.2, 0.25) is 0 Å². The third-order valence-corrected chi connectivity index (χ3v) is 4.22. The van der Waals surface area contributed by atoms with Crippen molar-refractivity contribution in [1.29, 1.82) is 0 Å². The molecule has 0 aromatic rings. The second kappa shape index (κ2) is 12.7. The van der Waals surface area contributed by atoms with Gasteiger partial charge in [-0.1, -0.05) is 76.8 Å². The molecule has 0 fully saturated rings. The van der Waals surface area contributed by atoms with Crippen molar-refractivity contribution in [2.24, 2.45) is 10.6 Å². The summed E-state index contributed by atoms with van der Waals surface area (Å²) in [6.07, 6.45) is 12.7. The molecular weight excluding hydrogens is 274 g/mol. The fourth-order valence-corrected chi connectivity index (χ4v) is 2.63. The molecule has 22 heavy (non-hydrogen) atoms. The van der Waals surface area contributed by atoms with Crippen molar-refractivity contribution in [3.05, 3.63) is 0 Å². The van der Waals surface area contributed by atoms with Gasteiger partial charge in [-0.25, -0.2) is 4.79 Å². The van der Waals surface area contributed by atoms with Crippen LogP contribution in [0.2, 0.25) is 0 Å². The lowest BCUT2D eigenvalue weighted by Gasteiger charge is -2.26. The minimum absolute atomic E-state index is 0.152. The van der Waals surface area contributed by atoms with Gasteiger partial charge in [-0.15, -0.1) is 0 Å². The normalized spacial score (nSPS) is 13.5. The number of rotatable bonds is 13. The molecule has 0 amide bonds. The number of carbonyl (C=O) groups is 1. The van der Waals surface area contributed by atoms with Crippen LogP contribution in [-0.2, 0) is 9.63 Å². The van der Waals surface area contributed by atoms with Gasteiger partial charge in [0.25, 0.3) is 0 Å². The molecule has 130 valence electrons. The van der Waals surface area contributed by atoms with Crippen LogP contribution in [0.5, 0.6) is 0 Å². The first-order valence-electron chi connectivity index (χ1n) is 9.19. The highest BCUT2D eigenvalue weighted by Crippen LogP contribution is 2.33. The summed E-state index contributed by atoms with van der Waals surface area (Å²) in [5.74, 6) is -0.152. The molecule has 0 heterocycles. The fourth-order valence-electron chi connectivity index (χ4n) is 2.63. The summed E-state index contributed by atoms with van der Waals surface area (Å²) in [7, 11) is 0. The van der Waals surface area contributed by atoms with E-state index in [-0.39, 0.29) is 11.4 Å². The van der Waals surface area contributed by atoms with E-state index in [0.717, 1.165) is 31.4 Å². The van der Waals surface area contributed by atoms with Crippen molar-refractivity contribution < 1.29 is 9.63 Å². The zero-order valence-electron chi connectivity index (χ0n) is 15.5. The van der Waals surface area contributed by atoms with Crippen LogP contribution in [0, 0.1) is 5.41 Å². The summed E-state index contributed by atoms with van der Waals surface area (Å²) in [5, 5.41) is 3.86. The number of oxime groups is 1. The molecule has 0 bridgehead atoms. The van der Waals surface area contributed by atoms with E-state index in [9.17, 15) is 4.79 Å². The molecule has 0 spiro atoms. The zero-order valence-corrected chi connectivity index (χ0v) is 15.5. The van der Waals surface area contributed by atoms with Gasteiger partial charge >= 0.3 is 5.97 Å². The molecule has 0 N–H and O–H groups in total. The van der Waals surface area contributed by atoms with Crippen LogP contribution >= 0.6 is 0 Å². The van der Waals surface area contributed by atoms with Crippen molar-refractivity contribution in [2.75, 3.05) is 0 Å². The summed E-state index contributed by atoms with van der Waals surface area (Å²) in [5.41, 5.74) is 0.406. The van der Waals surface area contributed by atoms with Crippen LogP contribution < -0.4 is 0 Å². The largest absolute Gasteiger partial charge is 0.340 e. The highest BCUT2D eigenvalue weighted by atomic mass is 16.7. The number of hydrogen-bond acceptors (Lipinski definition) is 3. The summed E-state index contributed by atoms with van der Waals surface area (Å²) in [6.45, 7) is 10.2. The Balaban J connectivity index is 4.45. The average molecular weight is 312 g/mol. The molecule has 1 atom stereocenters. The van der Waals surface area contributed by atoms with Crippen LogP contribution in [0.25, 0.3) is 0 Å².